The molecule has 0 fully saturated rings. The number of hydrogen-bond acceptors (Lipinski definition) is 12. The molecule has 2 aromatic carbocycles. The Morgan fingerprint density at radius 1 is 0.481 bits per heavy atom. The van der Waals surface area contributed by atoms with E-state index in [2.05, 4.69) is 10.6 Å². The minimum atomic E-state index is -0.628. The zero-order valence-corrected chi connectivity index (χ0v) is 32.4. The van der Waals surface area contributed by atoms with E-state index in [4.69, 9.17) is 18.9 Å². The smallest absolute Gasteiger partial charge is 0.412 e. The lowest BCUT2D eigenvalue weighted by molar-refractivity contribution is -0.135. The number of unbranched alkanes of at least 4 members (excludes halogenated alkanes) is 1. The fourth-order valence-corrected chi connectivity index (χ4v) is 4.86. The first-order valence-electron chi connectivity index (χ1n) is 17.9. The van der Waals surface area contributed by atoms with Crippen LogP contribution in [0.5, 0.6) is 23.0 Å². The van der Waals surface area contributed by atoms with Crippen LogP contribution in [0.1, 0.15) is 49.7 Å². The minimum Gasteiger partial charge on any atom is -0.423 e. The van der Waals surface area contributed by atoms with Gasteiger partial charge in [0.25, 0.3) is 0 Å². The van der Waals surface area contributed by atoms with Gasteiger partial charge in [0.15, 0.2) is 23.0 Å². The van der Waals surface area contributed by atoms with E-state index in [1.54, 1.807) is 24.3 Å². The maximum atomic E-state index is 12.7. The molecule has 0 saturated heterocycles. The lowest BCUT2D eigenvalue weighted by Gasteiger charge is -2.15. The third-order valence-electron chi connectivity index (χ3n) is 7.68. The molecule has 0 spiro atoms. The van der Waals surface area contributed by atoms with Crippen LogP contribution in [0.4, 0.5) is 9.59 Å². The summed E-state index contributed by atoms with van der Waals surface area (Å²) in [6.07, 6.45) is 3.45. The lowest BCUT2D eigenvalue weighted by atomic mass is 10.0. The van der Waals surface area contributed by atoms with E-state index in [0.29, 0.717) is 51.9 Å². The van der Waals surface area contributed by atoms with Gasteiger partial charge >= 0.3 is 24.1 Å². The summed E-state index contributed by atoms with van der Waals surface area (Å²) in [6, 6.07) is 10.5. The van der Waals surface area contributed by atoms with Crippen LogP contribution in [0.15, 0.2) is 36.4 Å². The average Bonchev–Trinajstić information content (AvgIpc) is 3.04. The van der Waals surface area contributed by atoms with Crippen molar-refractivity contribution >= 4 is 24.1 Å². The second-order valence-corrected chi connectivity index (χ2v) is 13.8. The molecule has 0 aliphatic rings. The zero-order valence-electron chi connectivity index (χ0n) is 32.4. The molecule has 14 nitrogen and oxygen atoms in total. The van der Waals surface area contributed by atoms with Crippen LogP contribution < -0.4 is 29.6 Å². The van der Waals surface area contributed by atoms with E-state index < -0.39 is 24.1 Å². The average molecular weight is 729 g/mol. The van der Waals surface area contributed by atoms with Crippen LogP contribution in [0, 0.1) is 0 Å². The van der Waals surface area contributed by atoms with Crippen molar-refractivity contribution < 1.29 is 38.1 Å². The Balaban J connectivity index is 2.09. The van der Waals surface area contributed by atoms with Crippen molar-refractivity contribution in [2.45, 2.75) is 51.4 Å². The van der Waals surface area contributed by atoms with Gasteiger partial charge in [-0.2, -0.15) is 0 Å². The van der Waals surface area contributed by atoms with Crippen molar-refractivity contribution in [3.8, 4) is 23.0 Å². The summed E-state index contributed by atoms with van der Waals surface area (Å²) in [5.74, 6) is -0.0501. The standard InChI is InChI=1S/C38H60N6O8/c1-41(2)23-11-15-35(45)49-31-19-17-30(28-34(31)52-38(48)40-22-26-44(7)8)14-10-9-13-29-18-20-32(51-37(47)39-21-25-43(5)6)33(27-29)50-36(46)16-12-24-42(3)4/h17-20,27-28H,9-16,21-26H2,1-8H3,(H,39,47)(H,40,48). The van der Waals surface area contributed by atoms with E-state index in [9.17, 15) is 19.2 Å². The zero-order chi connectivity index (χ0) is 38.5. The van der Waals surface area contributed by atoms with Gasteiger partial charge < -0.3 is 49.2 Å². The van der Waals surface area contributed by atoms with Crippen LogP contribution in [-0.4, -0.2) is 139 Å². The molecule has 0 radical (unpaired) electrons. The summed E-state index contributed by atoms with van der Waals surface area (Å²) < 4.78 is 22.4. The maximum absolute atomic E-state index is 12.7. The molecule has 0 bridgehead atoms. The fourth-order valence-electron chi connectivity index (χ4n) is 4.86. The Kier molecular flexibility index (Phi) is 20.3. The number of nitrogens with zero attached hydrogens (tertiary/aromatic N) is 4. The number of likely N-dealkylation sites (N-methyl/N-ethyl adjacent to an activating group) is 2. The summed E-state index contributed by atoms with van der Waals surface area (Å²) in [5.41, 5.74) is 1.84. The number of esters is 2. The lowest BCUT2D eigenvalue weighted by Crippen LogP contribution is -2.33. The van der Waals surface area contributed by atoms with Gasteiger partial charge in [-0.3, -0.25) is 9.59 Å². The molecule has 0 heterocycles. The van der Waals surface area contributed by atoms with Gasteiger partial charge in [0, 0.05) is 39.0 Å². The third kappa shape index (κ3) is 19.4. The van der Waals surface area contributed by atoms with Gasteiger partial charge in [0.1, 0.15) is 0 Å². The quantitative estimate of drug-likeness (QED) is 0.0969. The van der Waals surface area contributed by atoms with Crippen molar-refractivity contribution in [1.82, 2.24) is 30.2 Å². The van der Waals surface area contributed by atoms with Gasteiger partial charge in [-0.15, -0.1) is 0 Å². The predicted molar refractivity (Wildman–Crippen MR) is 202 cm³/mol. The molecule has 0 aromatic heterocycles. The van der Waals surface area contributed by atoms with E-state index in [1.807, 2.05) is 88.1 Å². The second-order valence-electron chi connectivity index (χ2n) is 13.8. The molecule has 0 aliphatic carbocycles. The molecule has 0 saturated carbocycles. The number of benzene rings is 2. The number of aryl methyl sites for hydroxylation is 2. The fraction of sp³-hybridized carbons (Fsp3) is 0.579. The molecule has 2 aromatic rings. The number of ether oxygens (including phenoxy) is 4. The number of amides is 2. The van der Waals surface area contributed by atoms with Crippen molar-refractivity contribution in [3.05, 3.63) is 47.5 Å². The van der Waals surface area contributed by atoms with Crippen LogP contribution >= 0.6 is 0 Å². The van der Waals surface area contributed by atoms with E-state index in [0.717, 1.165) is 37.1 Å². The molecule has 14 heteroatoms. The summed E-state index contributed by atoms with van der Waals surface area (Å²) in [5, 5.41) is 5.43. The van der Waals surface area contributed by atoms with Crippen molar-refractivity contribution in [2.24, 2.45) is 0 Å². The summed E-state index contributed by atoms with van der Waals surface area (Å²) >= 11 is 0. The summed E-state index contributed by atoms with van der Waals surface area (Å²) in [7, 11) is 15.4. The van der Waals surface area contributed by atoms with Crippen molar-refractivity contribution in [2.75, 3.05) is 95.6 Å². The van der Waals surface area contributed by atoms with E-state index in [-0.39, 0.29) is 35.8 Å². The molecule has 290 valence electrons. The van der Waals surface area contributed by atoms with Crippen LogP contribution in [0.25, 0.3) is 0 Å². The Labute approximate surface area is 309 Å². The van der Waals surface area contributed by atoms with Crippen LogP contribution in [-0.2, 0) is 22.4 Å². The van der Waals surface area contributed by atoms with Crippen molar-refractivity contribution in [1.29, 1.82) is 0 Å². The van der Waals surface area contributed by atoms with Gasteiger partial charge in [-0.25, -0.2) is 9.59 Å². The summed E-state index contributed by atoms with van der Waals surface area (Å²) in [6.45, 7) is 3.60. The number of hydrogen-bond donors (Lipinski definition) is 2. The Morgan fingerprint density at radius 3 is 1.27 bits per heavy atom. The predicted octanol–water partition coefficient (Wildman–Crippen LogP) is 4.05. The third-order valence-corrected chi connectivity index (χ3v) is 7.68. The topological polar surface area (TPSA) is 142 Å². The highest BCUT2D eigenvalue weighted by atomic mass is 16.6. The van der Waals surface area contributed by atoms with E-state index >= 15 is 0 Å². The van der Waals surface area contributed by atoms with Gasteiger partial charge in [-0.1, -0.05) is 12.1 Å². The van der Waals surface area contributed by atoms with Gasteiger partial charge in [0.2, 0.25) is 0 Å². The minimum absolute atomic E-state index is 0.170. The molecule has 0 atom stereocenters. The molecule has 2 amide bonds. The Morgan fingerprint density at radius 2 is 0.846 bits per heavy atom. The van der Waals surface area contributed by atoms with Crippen LogP contribution in [0.3, 0.4) is 0 Å². The number of carbonyl (C=O) groups excluding carboxylic acids is 4. The van der Waals surface area contributed by atoms with Gasteiger partial charge in [-0.05, 0) is 143 Å². The maximum Gasteiger partial charge on any atom is 0.412 e. The largest absolute Gasteiger partial charge is 0.423 e. The van der Waals surface area contributed by atoms with Gasteiger partial charge in [0.05, 0.1) is 0 Å². The monoisotopic (exact) mass is 728 g/mol. The SMILES string of the molecule is CN(C)CCCC(=O)Oc1cc(CCCCc2ccc(OC(=O)CCCN(C)C)c(OC(=O)NCCN(C)C)c2)ccc1OC(=O)NCCN(C)C. The molecule has 0 unspecified atom stereocenters. The number of nitrogens with one attached hydrogen (secondary N) is 2. The molecule has 52 heavy (non-hydrogen) atoms. The first kappa shape index (κ1) is 43.9. The number of carbonyl (C=O) groups is 4. The highest BCUT2D eigenvalue weighted by molar-refractivity contribution is 5.76. The molecule has 0 aliphatic heterocycles. The Hall–Kier alpha value is -4.24. The second kappa shape index (κ2) is 24.1. The normalized spacial score (nSPS) is 11.2. The van der Waals surface area contributed by atoms with Crippen LogP contribution in [0.2, 0.25) is 0 Å². The van der Waals surface area contributed by atoms with Crippen molar-refractivity contribution in [3.63, 3.8) is 0 Å². The molecular formula is C38H60N6O8. The first-order valence-corrected chi connectivity index (χ1v) is 17.9. The first-order chi connectivity index (χ1) is 24.7. The summed E-state index contributed by atoms with van der Waals surface area (Å²) in [4.78, 5) is 58.1. The highest BCUT2D eigenvalue weighted by Gasteiger charge is 2.17. The molecule has 2 rings (SSSR count). The Bertz CT molecular complexity index is 1310. The molecular weight excluding hydrogens is 668 g/mol. The highest BCUT2D eigenvalue weighted by Crippen LogP contribution is 2.31. The molecule has 2 N–H and O–H groups in total. The van der Waals surface area contributed by atoms with E-state index in [1.165, 1.54) is 0 Å². The number of rotatable bonds is 23.